The second-order valence-corrected chi connectivity index (χ2v) is 11.7. The van der Waals surface area contributed by atoms with E-state index in [1.54, 1.807) is 5.56 Å². The molecule has 0 bridgehead atoms. The first kappa shape index (κ1) is 26.0. The summed E-state index contributed by atoms with van der Waals surface area (Å²) in [5.74, 6) is 2.87. The third-order valence-corrected chi connectivity index (χ3v) is 8.19. The first-order valence-electron chi connectivity index (χ1n) is 14.3. The molecule has 0 saturated carbocycles. The van der Waals surface area contributed by atoms with Gasteiger partial charge < -0.3 is 19.3 Å². The van der Waals surface area contributed by atoms with Crippen molar-refractivity contribution in [3.63, 3.8) is 0 Å². The molecule has 37 heavy (non-hydrogen) atoms. The Labute approximate surface area is 224 Å². The van der Waals surface area contributed by atoms with Crippen LogP contribution in [0.2, 0.25) is 0 Å². The lowest BCUT2D eigenvalue weighted by Crippen LogP contribution is -2.40. The number of benzene rings is 2. The minimum absolute atomic E-state index is 0.494. The molecule has 1 unspecified atom stereocenters. The van der Waals surface area contributed by atoms with Gasteiger partial charge in [-0.3, -0.25) is 4.90 Å². The van der Waals surface area contributed by atoms with E-state index in [0.717, 1.165) is 69.4 Å². The van der Waals surface area contributed by atoms with Gasteiger partial charge in [0, 0.05) is 63.5 Å². The molecule has 3 heterocycles. The fourth-order valence-corrected chi connectivity index (χ4v) is 6.34. The van der Waals surface area contributed by atoms with Crippen LogP contribution in [0.5, 0.6) is 11.5 Å². The van der Waals surface area contributed by atoms with Gasteiger partial charge in [0.05, 0.1) is 13.2 Å². The third-order valence-electron chi connectivity index (χ3n) is 8.19. The topological polar surface area (TPSA) is 28.2 Å². The zero-order valence-corrected chi connectivity index (χ0v) is 23.4. The molecule has 3 aliphatic heterocycles. The molecule has 1 atom stereocenters. The molecular formula is C32H45N3O2. The minimum Gasteiger partial charge on any atom is -0.490 e. The Morgan fingerprint density at radius 1 is 1.14 bits per heavy atom. The third kappa shape index (κ3) is 5.93. The second kappa shape index (κ2) is 11.4. The summed E-state index contributed by atoms with van der Waals surface area (Å²) < 4.78 is 12.0. The molecule has 1 saturated heterocycles. The van der Waals surface area contributed by atoms with Crippen molar-refractivity contribution in [2.24, 2.45) is 11.8 Å². The standard InChI is InChI=1S/C32H45N3O2/c1-23(2)19-35(20-26-17-24(3)32-31(18-26)36-15-8-16-37-32)25(4)27-10-7-13-34(21-27)22-28-9-6-11-30-29(28)12-14-33(30)5/h6,9,11,17-18,23,27H,4,7-8,10,12-16,19-22H2,1-3,5H3. The quantitative estimate of drug-likeness (QED) is 0.438. The van der Waals surface area contributed by atoms with Crippen LogP contribution >= 0.6 is 0 Å². The van der Waals surface area contributed by atoms with E-state index >= 15 is 0 Å². The summed E-state index contributed by atoms with van der Waals surface area (Å²) in [7, 11) is 2.21. The molecule has 0 radical (unpaired) electrons. The summed E-state index contributed by atoms with van der Waals surface area (Å²) in [5.41, 5.74) is 8.21. The highest BCUT2D eigenvalue weighted by Gasteiger charge is 2.27. The maximum Gasteiger partial charge on any atom is 0.164 e. The summed E-state index contributed by atoms with van der Waals surface area (Å²) in [6, 6.07) is 11.3. The molecule has 3 aliphatic rings. The van der Waals surface area contributed by atoms with Gasteiger partial charge in [0.15, 0.2) is 11.5 Å². The van der Waals surface area contributed by atoms with Gasteiger partial charge in [-0.25, -0.2) is 0 Å². The number of fused-ring (bicyclic) bond motifs is 2. The molecule has 0 amide bonds. The number of piperidine rings is 1. The number of rotatable bonds is 8. The van der Waals surface area contributed by atoms with Crippen molar-refractivity contribution in [1.29, 1.82) is 0 Å². The van der Waals surface area contributed by atoms with E-state index in [4.69, 9.17) is 16.1 Å². The molecule has 2 aromatic rings. The predicted molar refractivity (Wildman–Crippen MR) is 153 cm³/mol. The Balaban J connectivity index is 1.29. The van der Waals surface area contributed by atoms with Crippen molar-refractivity contribution in [1.82, 2.24) is 9.80 Å². The molecule has 0 aromatic heterocycles. The summed E-state index contributed by atoms with van der Waals surface area (Å²) in [6.45, 7) is 19.2. The van der Waals surface area contributed by atoms with Gasteiger partial charge in [0.1, 0.15) is 0 Å². The normalized spacial score (nSPS) is 19.6. The fourth-order valence-electron chi connectivity index (χ4n) is 6.34. The molecule has 0 N–H and O–H groups in total. The summed E-state index contributed by atoms with van der Waals surface area (Å²) >= 11 is 0. The number of ether oxygens (including phenoxy) is 2. The number of anilines is 1. The summed E-state index contributed by atoms with van der Waals surface area (Å²) in [6.07, 6.45) is 4.56. The van der Waals surface area contributed by atoms with Gasteiger partial charge in [-0.2, -0.15) is 0 Å². The number of nitrogens with zero attached hydrogens (tertiary/aromatic N) is 3. The van der Waals surface area contributed by atoms with Crippen LogP contribution in [0.1, 0.15) is 55.4 Å². The average Bonchev–Trinajstić information content (AvgIpc) is 3.09. The second-order valence-electron chi connectivity index (χ2n) is 11.7. The molecule has 0 spiro atoms. The van der Waals surface area contributed by atoms with Crippen LogP contribution < -0.4 is 14.4 Å². The Morgan fingerprint density at radius 3 is 2.81 bits per heavy atom. The zero-order valence-electron chi connectivity index (χ0n) is 23.4. The van der Waals surface area contributed by atoms with Crippen molar-refractivity contribution in [3.05, 3.63) is 64.9 Å². The van der Waals surface area contributed by atoms with Crippen molar-refractivity contribution in [2.75, 3.05) is 51.3 Å². The number of hydrogen-bond acceptors (Lipinski definition) is 5. The first-order valence-corrected chi connectivity index (χ1v) is 14.3. The van der Waals surface area contributed by atoms with Crippen LogP contribution in [0.15, 0.2) is 42.6 Å². The largest absolute Gasteiger partial charge is 0.490 e. The Kier molecular flexibility index (Phi) is 7.99. The Hall–Kier alpha value is -2.66. The minimum atomic E-state index is 0.494. The molecule has 1 fully saturated rings. The molecular weight excluding hydrogens is 458 g/mol. The highest BCUT2D eigenvalue weighted by molar-refractivity contribution is 5.60. The van der Waals surface area contributed by atoms with E-state index in [2.05, 4.69) is 72.9 Å². The number of hydrogen-bond donors (Lipinski definition) is 0. The number of likely N-dealkylation sites (tertiary alicyclic amines) is 1. The number of aryl methyl sites for hydroxylation is 1. The van der Waals surface area contributed by atoms with Crippen molar-refractivity contribution < 1.29 is 9.47 Å². The molecule has 0 aliphatic carbocycles. The highest BCUT2D eigenvalue weighted by atomic mass is 16.5. The molecule has 5 nitrogen and oxygen atoms in total. The molecule has 5 heteroatoms. The Bertz CT molecular complexity index is 1110. The first-order chi connectivity index (χ1) is 17.9. The smallest absolute Gasteiger partial charge is 0.164 e. The van der Waals surface area contributed by atoms with E-state index in [0.29, 0.717) is 11.8 Å². The van der Waals surface area contributed by atoms with E-state index in [-0.39, 0.29) is 0 Å². The van der Waals surface area contributed by atoms with Crippen molar-refractivity contribution in [2.45, 2.75) is 59.5 Å². The lowest BCUT2D eigenvalue weighted by atomic mass is 9.92. The molecule has 200 valence electrons. The summed E-state index contributed by atoms with van der Waals surface area (Å²) in [4.78, 5) is 7.59. The van der Waals surface area contributed by atoms with E-state index < -0.39 is 0 Å². The monoisotopic (exact) mass is 503 g/mol. The Morgan fingerprint density at radius 2 is 1.97 bits per heavy atom. The van der Waals surface area contributed by atoms with Gasteiger partial charge in [0.2, 0.25) is 0 Å². The van der Waals surface area contributed by atoms with Gasteiger partial charge >= 0.3 is 0 Å². The van der Waals surface area contributed by atoms with E-state index in [1.807, 2.05) is 0 Å². The highest BCUT2D eigenvalue weighted by Crippen LogP contribution is 2.36. The maximum atomic E-state index is 6.04. The lowest BCUT2D eigenvalue weighted by molar-refractivity contribution is 0.154. The average molecular weight is 504 g/mol. The van der Waals surface area contributed by atoms with Crippen LogP contribution in [0.4, 0.5) is 5.69 Å². The van der Waals surface area contributed by atoms with E-state index in [9.17, 15) is 0 Å². The molecule has 2 aromatic carbocycles. The predicted octanol–water partition coefficient (Wildman–Crippen LogP) is 6.03. The van der Waals surface area contributed by atoms with Crippen LogP contribution in [0.25, 0.3) is 0 Å². The van der Waals surface area contributed by atoms with Gasteiger partial charge in [-0.1, -0.05) is 38.6 Å². The van der Waals surface area contributed by atoms with Crippen LogP contribution in [-0.4, -0.2) is 56.2 Å². The van der Waals surface area contributed by atoms with Crippen LogP contribution in [0.3, 0.4) is 0 Å². The molecule has 5 rings (SSSR count). The van der Waals surface area contributed by atoms with E-state index in [1.165, 1.54) is 48.3 Å². The fraction of sp³-hybridized carbons (Fsp3) is 0.562. The zero-order chi connectivity index (χ0) is 25.9. The van der Waals surface area contributed by atoms with Gasteiger partial charge in [0.25, 0.3) is 0 Å². The van der Waals surface area contributed by atoms with Crippen LogP contribution in [0, 0.1) is 18.8 Å². The maximum absolute atomic E-state index is 6.04. The van der Waals surface area contributed by atoms with Crippen molar-refractivity contribution in [3.8, 4) is 11.5 Å². The SMILES string of the molecule is C=C(C1CCCN(Cc2cccc3c2CCN3C)C1)N(Cc1cc(C)c2c(c1)OCCCO2)CC(C)C. The summed E-state index contributed by atoms with van der Waals surface area (Å²) in [5, 5.41) is 0. The van der Waals surface area contributed by atoms with Crippen LogP contribution in [-0.2, 0) is 19.5 Å². The number of likely N-dealkylation sites (N-methyl/N-ethyl adjacent to an activating group) is 1. The van der Waals surface area contributed by atoms with Gasteiger partial charge in [-0.15, -0.1) is 0 Å². The van der Waals surface area contributed by atoms with Crippen molar-refractivity contribution >= 4 is 5.69 Å². The lowest BCUT2D eigenvalue weighted by Gasteiger charge is -2.39. The van der Waals surface area contributed by atoms with Gasteiger partial charge in [-0.05, 0) is 73.0 Å².